The first-order valence-electron chi connectivity index (χ1n) is 4.83. The first-order valence-corrected chi connectivity index (χ1v) is 6.72. The van der Waals surface area contributed by atoms with Gasteiger partial charge in [0.25, 0.3) is 0 Å². The molecule has 7 heteroatoms. The number of aliphatic hydroxyl groups excluding tert-OH is 2. The Balaban J connectivity index is 3.08. The minimum atomic E-state index is -3.38. The van der Waals surface area contributed by atoms with E-state index < -0.39 is 28.3 Å². The van der Waals surface area contributed by atoms with Crippen molar-refractivity contribution in [3.63, 3.8) is 0 Å². The van der Waals surface area contributed by atoms with Crippen molar-refractivity contribution in [1.29, 1.82) is 0 Å². The van der Waals surface area contributed by atoms with Gasteiger partial charge in [-0.25, -0.2) is 8.42 Å². The fourth-order valence-corrected chi connectivity index (χ4v) is 1.99. The lowest BCUT2D eigenvalue weighted by atomic mass is 10.0. The molecule has 1 aromatic carbocycles. The van der Waals surface area contributed by atoms with Crippen LogP contribution in [-0.4, -0.2) is 42.3 Å². The molecule has 1 rings (SSSR count). The predicted molar refractivity (Wildman–Crippen MR) is 60.7 cm³/mol. The predicted octanol–water partition coefficient (Wildman–Crippen LogP) is -1.24. The second-order valence-corrected chi connectivity index (χ2v) is 5.80. The maximum atomic E-state index is 11.3. The summed E-state index contributed by atoms with van der Waals surface area (Å²) in [6, 6.07) is 4.24. The highest BCUT2D eigenvalue weighted by Crippen LogP contribution is 2.20. The van der Waals surface area contributed by atoms with Crippen molar-refractivity contribution in [2.24, 2.45) is 5.73 Å². The van der Waals surface area contributed by atoms with Crippen LogP contribution in [0, 0.1) is 0 Å². The molecule has 6 nitrogen and oxygen atoms in total. The van der Waals surface area contributed by atoms with Gasteiger partial charge in [-0.15, -0.1) is 0 Å². The Kier molecular flexibility index (Phi) is 4.23. The van der Waals surface area contributed by atoms with Crippen LogP contribution in [-0.2, 0) is 9.84 Å². The zero-order valence-corrected chi connectivity index (χ0v) is 10.0. The fraction of sp³-hybridized carbons (Fsp3) is 0.400. The summed E-state index contributed by atoms with van der Waals surface area (Å²) in [5.74, 6) is 0. The minimum Gasteiger partial charge on any atom is -0.387 e. The van der Waals surface area contributed by atoms with Crippen LogP contribution >= 0.6 is 0 Å². The van der Waals surface area contributed by atoms with Gasteiger partial charge in [-0.2, -0.15) is 0 Å². The van der Waals surface area contributed by atoms with Crippen LogP contribution in [0.15, 0.2) is 29.2 Å². The van der Waals surface area contributed by atoms with Crippen molar-refractivity contribution >= 4 is 9.84 Å². The van der Waals surface area contributed by atoms with Crippen LogP contribution < -0.4 is 5.73 Å². The number of rotatable bonds is 4. The van der Waals surface area contributed by atoms with Crippen LogP contribution in [0.4, 0.5) is 0 Å². The maximum absolute atomic E-state index is 11.3. The van der Waals surface area contributed by atoms with Gasteiger partial charge in [-0.05, 0) is 17.7 Å². The molecule has 17 heavy (non-hydrogen) atoms. The third-order valence-corrected chi connectivity index (χ3v) is 3.45. The Labute approximate surface area is 99.2 Å². The Morgan fingerprint density at radius 3 is 2.29 bits per heavy atom. The lowest BCUT2D eigenvalue weighted by Crippen LogP contribution is -2.39. The highest BCUT2D eigenvalue weighted by molar-refractivity contribution is 7.90. The van der Waals surface area contributed by atoms with Gasteiger partial charge in [0.15, 0.2) is 16.1 Å². The molecule has 1 aromatic rings. The van der Waals surface area contributed by atoms with Crippen LogP contribution in [0.1, 0.15) is 11.7 Å². The van der Waals surface area contributed by atoms with Crippen LogP contribution in [0.5, 0.6) is 0 Å². The molecule has 5 N–H and O–H groups in total. The maximum Gasteiger partial charge on any atom is 0.175 e. The van der Waals surface area contributed by atoms with Gasteiger partial charge in [-0.3, -0.25) is 0 Å². The molecule has 0 radical (unpaired) electrons. The second-order valence-electron chi connectivity index (χ2n) is 3.78. The quantitative estimate of drug-likeness (QED) is 0.503. The molecule has 0 fully saturated rings. The summed E-state index contributed by atoms with van der Waals surface area (Å²) in [6.45, 7) is 0. The summed E-state index contributed by atoms with van der Waals surface area (Å²) < 4.78 is 22.6. The van der Waals surface area contributed by atoms with Crippen LogP contribution in [0.2, 0.25) is 0 Å². The highest BCUT2D eigenvalue weighted by Gasteiger charge is 2.23. The topological polar surface area (TPSA) is 121 Å². The van der Waals surface area contributed by atoms with E-state index in [4.69, 9.17) is 15.9 Å². The summed E-state index contributed by atoms with van der Waals surface area (Å²) in [5, 5.41) is 27.4. The first kappa shape index (κ1) is 14.1. The summed E-state index contributed by atoms with van der Waals surface area (Å²) in [7, 11) is -3.38. The molecule has 0 aromatic heterocycles. The monoisotopic (exact) mass is 261 g/mol. The van der Waals surface area contributed by atoms with Gasteiger partial charge >= 0.3 is 0 Å². The number of hydrogen-bond acceptors (Lipinski definition) is 6. The van der Waals surface area contributed by atoms with Crippen molar-refractivity contribution in [1.82, 2.24) is 0 Å². The molecule has 0 aliphatic carbocycles. The van der Waals surface area contributed by atoms with E-state index in [0.717, 1.165) is 6.26 Å². The van der Waals surface area contributed by atoms with E-state index in [0.29, 0.717) is 0 Å². The van der Waals surface area contributed by atoms with Crippen molar-refractivity contribution < 1.29 is 23.7 Å². The van der Waals surface area contributed by atoms with Gasteiger partial charge in [0.05, 0.1) is 17.0 Å². The summed E-state index contributed by atoms with van der Waals surface area (Å²) in [4.78, 5) is 0.0358. The van der Waals surface area contributed by atoms with E-state index in [1.165, 1.54) is 24.3 Å². The molecule has 0 spiro atoms. The number of sulfone groups is 1. The molecule has 0 bridgehead atoms. The van der Waals surface area contributed by atoms with E-state index in [2.05, 4.69) is 0 Å². The third-order valence-electron chi connectivity index (χ3n) is 2.34. The molecular formula is C10H15NO5S. The number of aliphatic hydroxyl groups is 3. The zero-order valence-electron chi connectivity index (χ0n) is 9.19. The van der Waals surface area contributed by atoms with Crippen molar-refractivity contribution in [3.8, 4) is 0 Å². The summed E-state index contributed by atoms with van der Waals surface area (Å²) >= 11 is 0. The summed E-state index contributed by atoms with van der Waals surface area (Å²) in [6.07, 6.45) is -2.19. The smallest absolute Gasteiger partial charge is 0.175 e. The molecule has 0 saturated carbocycles. The molecule has 0 heterocycles. The highest BCUT2D eigenvalue weighted by atomic mass is 32.2. The Morgan fingerprint density at radius 2 is 1.82 bits per heavy atom. The first-order chi connectivity index (χ1) is 7.73. The Bertz CT molecular complexity index is 485. The second kappa shape index (κ2) is 5.11. The molecule has 2 atom stereocenters. The van der Waals surface area contributed by atoms with Gasteiger partial charge < -0.3 is 21.1 Å². The zero-order chi connectivity index (χ0) is 13.2. The normalized spacial score (nSPS) is 15.9. The number of hydrogen-bond donors (Lipinski definition) is 4. The molecule has 96 valence electrons. The number of benzene rings is 1. The van der Waals surface area contributed by atoms with Gasteiger partial charge in [0, 0.05) is 6.26 Å². The lowest BCUT2D eigenvalue weighted by Gasteiger charge is -2.20. The van der Waals surface area contributed by atoms with E-state index in [9.17, 15) is 13.5 Å². The molecule has 0 aliphatic rings. The largest absolute Gasteiger partial charge is 0.387 e. The Morgan fingerprint density at radius 1 is 1.24 bits per heavy atom. The third kappa shape index (κ3) is 3.48. The SMILES string of the molecule is CS(=O)(=O)c1cccc(C(O)C(N)C(O)O)c1. The van der Waals surface area contributed by atoms with E-state index in [1.54, 1.807) is 0 Å². The van der Waals surface area contributed by atoms with Gasteiger partial charge in [0.1, 0.15) is 0 Å². The average molecular weight is 261 g/mol. The van der Waals surface area contributed by atoms with E-state index >= 15 is 0 Å². The van der Waals surface area contributed by atoms with E-state index in [1.807, 2.05) is 0 Å². The molecular weight excluding hydrogens is 246 g/mol. The average Bonchev–Trinajstić information content (AvgIpc) is 2.26. The molecule has 0 saturated heterocycles. The number of nitrogens with two attached hydrogens (primary N) is 1. The lowest BCUT2D eigenvalue weighted by molar-refractivity contribution is -0.0867. The van der Waals surface area contributed by atoms with Crippen LogP contribution in [0.3, 0.4) is 0 Å². The van der Waals surface area contributed by atoms with Crippen molar-refractivity contribution in [2.45, 2.75) is 23.3 Å². The van der Waals surface area contributed by atoms with Crippen molar-refractivity contribution in [2.75, 3.05) is 6.26 Å². The van der Waals surface area contributed by atoms with E-state index in [-0.39, 0.29) is 10.5 Å². The molecule has 2 unspecified atom stereocenters. The molecule has 0 amide bonds. The van der Waals surface area contributed by atoms with Gasteiger partial charge in [0.2, 0.25) is 0 Å². The molecule has 0 aliphatic heterocycles. The van der Waals surface area contributed by atoms with Gasteiger partial charge in [-0.1, -0.05) is 12.1 Å². The summed E-state index contributed by atoms with van der Waals surface area (Å²) in [5.41, 5.74) is 5.57. The standard InChI is InChI=1S/C10H15NO5S/c1-17(15,16)7-4-2-3-6(5-7)9(12)8(11)10(13)14/h2-5,8-10,12-14H,11H2,1H3. The Hall–Kier alpha value is -0.990. The van der Waals surface area contributed by atoms with Crippen LogP contribution in [0.25, 0.3) is 0 Å². The fourth-order valence-electron chi connectivity index (χ4n) is 1.31. The van der Waals surface area contributed by atoms with Crippen molar-refractivity contribution in [3.05, 3.63) is 29.8 Å². The minimum absolute atomic E-state index is 0.0358.